The van der Waals surface area contributed by atoms with Crippen LogP contribution in [-0.4, -0.2) is 0 Å². The van der Waals surface area contributed by atoms with Crippen LogP contribution in [0.4, 0.5) is 11.4 Å². The highest BCUT2D eigenvalue weighted by molar-refractivity contribution is 5.59. The Balaban J connectivity index is 2.04. The van der Waals surface area contributed by atoms with Gasteiger partial charge < -0.3 is 11.5 Å². The first kappa shape index (κ1) is 26.1. The smallest absolute Gasteiger partial charge is 0.0379 e. The molecule has 0 amide bonds. The maximum Gasteiger partial charge on any atom is 0.0379 e. The fourth-order valence-corrected chi connectivity index (χ4v) is 5.45. The lowest BCUT2D eigenvalue weighted by Crippen LogP contribution is -2.41. The standard InChI is InChI=1S/C32H46N2/c1-11-23-17-26(16-21(4)28(23)33)31(8,9)32(10)14-12-13-24(19-32)30(6,7)25-15-22(5)29(34)27(18-25)20(2)3/h12-18,20H,11,19,33-34H2,1-10H3. The minimum absolute atomic E-state index is 0.0222. The monoisotopic (exact) mass is 458 g/mol. The average molecular weight is 459 g/mol. The van der Waals surface area contributed by atoms with Crippen molar-refractivity contribution in [3.8, 4) is 0 Å². The van der Waals surface area contributed by atoms with Crippen LogP contribution in [0.15, 0.2) is 48.1 Å². The normalized spacial score (nSPS) is 19.0. The second kappa shape index (κ2) is 8.95. The van der Waals surface area contributed by atoms with Crippen molar-refractivity contribution in [3.05, 3.63) is 81.4 Å². The molecule has 2 heteroatoms. The molecule has 3 rings (SSSR count). The van der Waals surface area contributed by atoms with Gasteiger partial charge in [0.15, 0.2) is 0 Å². The third-order valence-electron chi connectivity index (χ3n) is 8.89. The first-order valence-corrected chi connectivity index (χ1v) is 12.8. The Hall–Kier alpha value is -2.48. The molecule has 0 spiro atoms. The Labute approximate surface area is 208 Å². The van der Waals surface area contributed by atoms with Crippen molar-refractivity contribution in [3.63, 3.8) is 0 Å². The van der Waals surface area contributed by atoms with E-state index in [1.54, 1.807) is 0 Å². The Morgan fingerprint density at radius 2 is 1.50 bits per heavy atom. The minimum Gasteiger partial charge on any atom is -0.398 e. The van der Waals surface area contributed by atoms with Crippen LogP contribution in [0.25, 0.3) is 0 Å². The van der Waals surface area contributed by atoms with E-state index in [9.17, 15) is 0 Å². The number of hydrogen-bond acceptors (Lipinski definition) is 2. The number of rotatable bonds is 6. The van der Waals surface area contributed by atoms with Crippen LogP contribution in [0.1, 0.15) is 101 Å². The van der Waals surface area contributed by atoms with Crippen molar-refractivity contribution in [2.45, 2.75) is 98.8 Å². The second-order valence-electron chi connectivity index (χ2n) is 12.1. The van der Waals surface area contributed by atoms with Gasteiger partial charge >= 0.3 is 0 Å². The van der Waals surface area contributed by atoms with Gasteiger partial charge in [-0.25, -0.2) is 0 Å². The molecule has 1 unspecified atom stereocenters. The van der Waals surface area contributed by atoms with Gasteiger partial charge in [-0.05, 0) is 76.8 Å². The molecule has 1 atom stereocenters. The predicted molar refractivity (Wildman–Crippen MR) is 151 cm³/mol. The summed E-state index contributed by atoms with van der Waals surface area (Å²) >= 11 is 0. The molecule has 34 heavy (non-hydrogen) atoms. The van der Waals surface area contributed by atoms with Crippen molar-refractivity contribution in [1.82, 2.24) is 0 Å². The largest absolute Gasteiger partial charge is 0.398 e. The molecule has 0 saturated carbocycles. The number of nitrogen functional groups attached to an aromatic ring is 2. The predicted octanol–water partition coefficient (Wildman–Crippen LogP) is 8.30. The molecule has 1 aliphatic rings. The summed E-state index contributed by atoms with van der Waals surface area (Å²) in [5.41, 5.74) is 23.6. The molecule has 0 bridgehead atoms. The lowest BCUT2D eigenvalue weighted by molar-refractivity contribution is 0.226. The van der Waals surface area contributed by atoms with Gasteiger partial charge in [0.05, 0.1) is 0 Å². The Bertz CT molecular complexity index is 1140. The van der Waals surface area contributed by atoms with E-state index < -0.39 is 0 Å². The topological polar surface area (TPSA) is 52.0 Å². The van der Waals surface area contributed by atoms with Gasteiger partial charge in [0.1, 0.15) is 0 Å². The van der Waals surface area contributed by atoms with Crippen molar-refractivity contribution >= 4 is 11.4 Å². The highest BCUT2D eigenvalue weighted by Crippen LogP contribution is 2.52. The van der Waals surface area contributed by atoms with Crippen LogP contribution in [0.2, 0.25) is 0 Å². The molecule has 2 nitrogen and oxygen atoms in total. The lowest BCUT2D eigenvalue weighted by atomic mass is 9.56. The molecule has 0 fully saturated rings. The van der Waals surface area contributed by atoms with Gasteiger partial charge in [0.2, 0.25) is 0 Å². The van der Waals surface area contributed by atoms with Gasteiger partial charge in [-0.1, -0.05) is 103 Å². The molecule has 1 aliphatic carbocycles. The number of benzene rings is 2. The zero-order valence-electron chi connectivity index (χ0n) is 23.2. The van der Waals surface area contributed by atoms with E-state index in [1.165, 1.54) is 39.0 Å². The van der Waals surface area contributed by atoms with Crippen molar-refractivity contribution in [2.24, 2.45) is 5.41 Å². The summed E-state index contributed by atoms with van der Waals surface area (Å²) in [6.07, 6.45) is 8.99. The first-order chi connectivity index (χ1) is 15.7. The summed E-state index contributed by atoms with van der Waals surface area (Å²) in [7, 11) is 0. The highest BCUT2D eigenvalue weighted by atomic mass is 14.6. The van der Waals surface area contributed by atoms with Crippen molar-refractivity contribution in [2.75, 3.05) is 11.5 Å². The number of hydrogen-bond donors (Lipinski definition) is 2. The maximum atomic E-state index is 6.45. The molecule has 0 saturated heterocycles. The molecule has 0 radical (unpaired) electrons. The Kier molecular flexibility index (Phi) is 6.88. The molecule has 4 N–H and O–H groups in total. The number of nitrogens with two attached hydrogens (primary N) is 2. The third-order valence-corrected chi connectivity index (χ3v) is 8.89. The quantitative estimate of drug-likeness (QED) is 0.428. The number of allylic oxidation sites excluding steroid dienone is 4. The van der Waals surface area contributed by atoms with Crippen molar-refractivity contribution < 1.29 is 0 Å². The number of anilines is 2. The van der Waals surface area contributed by atoms with Crippen LogP contribution in [0.5, 0.6) is 0 Å². The van der Waals surface area contributed by atoms with Gasteiger partial charge in [0, 0.05) is 16.8 Å². The molecule has 0 aromatic heterocycles. The Morgan fingerprint density at radius 1 is 0.912 bits per heavy atom. The summed E-state index contributed by atoms with van der Waals surface area (Å²) in [5.74, 6) is 0.403. The minimum atomic E-state index is -0.0875. The summed E-state index contributed by atoms with van der Waals surface area (Å²) < 4.78 is 0. The van der Waals surface area contributed by atoms with E-state index >= 15 is 0 Å². The summed E-state index contributed by atoms with van der Waals surface area (Å²) in [6.45, 7) is 22.8. The van der Waals surface area contributed by atoms with Crippen LogP contribution >= 0.6 is 0 Å². The van der Waals surface area contributed by atoms with Gasteiger partial charge in [-0.2, -0.15) is 0 Å². The van der Waals surface area contributed by atoms with Crippen LogP contribution in [0, 0.1) is 19.3 Å². The molecule has 2 aromatic rings. The highest BCUT2D eigenvalue weighted by Gasteiger charge is 2.44. The molecular formula is C32H46N2. The molecule has 2 aromatic carbocycles. The molecule has 0 aliphatic heterocycles. The van der Waals surface area contributed by atoms with Crippen LogP contribution in [-0.2, 0) is 17.3 Å². The summed E-state index contributed by atoms with van der Waals surface area (Å²) in [4.78, 5) is 0. The molecular weight excluding hydrogens is 412 g/mol. The van der Waals surface area contributed by atoms with Crippen molar-refractivity contribution in [1.29, 1.82) is 0 Å². The first-order valence-electron chi connectivity index (χ1n) is 12.8. The van der Waals surface area contributed by atoms with E-state index in [2.05, 4.69) is 112 Å². The maximum absolute atomic E-state index is 6.45. The van der Waals surface area contributed by atoms with E-state index in [0.717, 1.165) is 24.2 Å². The lowest BCUT2D eigenvalue weighted by Gasteiger charge is -2.47. The van der Waals surface area contributed by atoms with Gasteiger partial charge in [-0.3, -0.25) is 0 Å². The van der Waals surface area contributed by atoms with Gasteiger partial charge in [0.25, 0.3) is 0 Å². The zero-order chi connectivity index (χ0) is 25.6. The van der Waals surface area contributed by atoms with Gasteiger partial charge in [-0.15, -0.1) is 0 Å². The number of aryl methyl sites for hydroxylation is 3. The summed E-state index contributed by atoms with van der Waals surface area (Å²) in [6, 6.07) is 9.27. The van der Waals surface area contributed by atoms with E-state index in [0.29, 0.717) is 5.92 Å². The van der Waals surface area contributed by atoms with Crippen LogP contribution < -0.4 is 11.5 Å². The fraction of sp³-hybridized carbons (Fsp3) is 0.500. The fourth-order valence-electron chi connectivity index (χ4n) is 5.45. The van der Waals surface area contributed by atoms with E-state index in [-0.39, 0.29) is 16.2 Å². The molecule has 0 heterocycles. The average Bonchev–Trinajstić information content (AvgIpc) is 2.76. The third kappa shape index (κ3) is 4.32. The second-order valence-corrected chi connectivity index (χ2v) is 12.1. The summed E-state index contributed by atoms with van der Waals surface area (Å²) in [5, 5.41) is 0. The SMILES string of the molecule is CCc1cc(C(C)(C)C2(C)C=CC=C(C(C)(C)c3cc(C)c(N)c(C(C)C)c3)C2)cc(C)c1N. The van der Waals surface area contributed by atoms with Crippen LogP contribution in [0.3, 0.4) is 0 Å². The Morgan fingerprint density at radius 3 is 2.09 bits per heavy atom. The molecule has 184 valence electrons. The van der Waals surface area contributed by atoms with E-state index in [4.69, 9.17) is 11.5 Å². The zero-order valence-corrected chi connectivity index (χ0v) is 23.2. The van der Waals surface area contributed by atoms with E-state index in [1.807, 2.05) is 0 Å².